The van der Waals surface area contributed by atoms with Crippen molar-refractivity contribution in [3.8, 4) is 0 Å². The van der Waals surface area contributed by atoms with Crippen molar-refractivity contribution >= 4 is 17.8 Å². The second-order valence-corrected chi connectivity index (χ2v) is 5.18. The van der Waals surface area contributed by atoms with Gasteiger partial charge in [0.05, 0.1) is 12.6 Å². The highest BCUT2D eigenvalue weighted by molar-refractivity contribution is 5.44. The van der Waals surface area contributed by atoms with E-state index < -0.39 is 0 Å². The maximum atomic E-state index is 9.59. The number of hydrazine groups is 1. The van der Waals surface area contributed by atoms with Crippen LogP contribution in [0.4, 0.5) is 17.8 Å². The number of rotatable bonds is 4. The molecule has 0 radical (unpaired) electrons. The molecule has 8 heteroatoms. The van der Waals surface area contributed by atoms with Crippen LogP contribution < -0.4 is 21.1 Å². The van der Waals surface area contributed by atoms with Gasteiger partial charge in [-0.2, -0.15) is 15.0 Å². The van der Waals surface area contributed by atoms with Gasteiger partial charge in [0.2, 0.25) is 17.8 Å². The lowest BCUT2D eigenvalue weighted by Gasteiger charge is -2.29. The van der Waals surface area contributed by atoms with Gasteiger partial charge in [0.1, 0.15) is 0 Å². The zero-order valence-corrected chi connectivity index (χ0v) is 12.1. The van der Waals surface area contributed by atoms with Crippen molar-refractivity contribution in [3.63, 3.8) is 0 Å². The average molecular weight is 281 g/mol. The fourth-order valence-corrected chi connectivity index (χ4v) is 2.38. The predicted octanol–water partition coefficient (Wildman–Crippen LogP) is -0.0355. The van der Waals surface area contributed by atoms with Crippen molar-refractivity contribution in [1.82, 2.24) is 15.0 Å². The van der Waals surface area contributed by atoms with Crippen LogP contribution in [-0.4, -0.2) is 53.3 Å². The number of aliphatic hydroxyl groups is 1. The molecular formula is C12H23N7O. The molecular weight excluding hydrogens is 258 g/mol. The molecule has 1 fully saturated rings. The minimum absolute atomic E-state index is 0.0561. The van der Waals surface area contributed by atoms with Gasteiger partial charge in [-0.05, 0) is 12.8 Å². The van der Waals surface area contributed by atoms with E-state index in [0.717, 1.165) is 25.8 Å². The molecule has 1 aliphatic rings. The topological polar surface area (TPSA) is 103 Å². The Morgan fingerprint density at radius 1 is 1.30 bits per heavy atom. The summed E-state index contributed by atoms with van der Waals surface area (Å²) in [5, 5.41) is 9.59. The lowest BCUT2D eigenvalue weighted by molar-refractivity contribution is 0.254. The second kappa shape index (κ2) is 6.67. The summed E-state index contributed by atoms with van der Waals surface area (Å²) in [5.74, 6) is 6.87. The third-order valence-electron chi connectivity index (χ3n) is 3.49. The lowest BCUT2D eigenvalue weighted by atomic mass is 10.1. The normalized spacial score (nSPS) is 19.6. The number of hydrogen-bond acceptors (Lipinski definition) is 8. The van der Waals surface area contributed by atoms with E-state index in [1.54, 1.807) is 4.90 Å². The third kappa shape index (κ3) is 3.26. The first-order valence-corrected chi connectivity index (χ1v) is 6.93. The predicted molar refractivity (Wildman–Crippen MR) is 78.7 cm³/mol. The Hall–Kier alpha value is -1.67. The average Bonchev–Trinajstić information content (AvgIpc) is 2.71. The van der Waals surface area contributed by atoms with Crippen molar-refractivity contribution in [2.45, 2.75) is 31.7 Å². The standard InChI is InChI=1S/C12H23N7O/c1-18(2)11-14-10(17-13)15-12(16-11)19-7-5-3-4-6-9(19)8-20/h9,20H,3-8,13H2,1-2H3,(H,14,15,16,17). The summed E-state index contributed by atoms with van der Waals surface area (Å²) in [7, 11) is 3.73. The van der Waals surface area contributed by atoms with Gasteiger partial charge in [-0.1, -0.05) is 12.8 Å². The lowest BCUT2D eigenvalue weighted by Crippen LogP contribution is -2.39. The SMILES string of the molecule is CN(C)c1nc(NN)nc(N2CCCCCC2CO)n1. The van der Waals surface area contributed by atoms with Crippen LogP contribution in [0.15, 0.2) is 0 Å². The van der Waals surface area contributed by atoms with Crippen LogP contribution in [-0.2, 0) is 0 Å². The quantitative estimate of drug-likeness (QED) is 0.522. The minimum Gasteiger partial charge on any atom is -0.394 e. The van der Waals surface area contributed by atoms with Gasteiger partial charge in [0.15, 0.2) is 0 Å². The number of aliphatic hydroxyl groups excluding tert-OH is 1. The van der Waals surface area contributed by atoms with Gasteiger partial charge >= 0.3 is 0 Å². The van der Waals surface area contributed by atoms with Crippen LogP contribution in [0.1, 0.15) is 25.7 Å². The number of anilines is 3. The molecule has 2 rings (SSSR count). The Balaban J connectivity index is 2.35. The summed E-state index contributed by atoms with van der Waals surface area (Å²) >= 11 is 0. The van der Waals surface area contributed by atoms with Crippen molar-refractivity contribution in [2.75, 3.05) is 42.5 Å². The third-order valence-corrected chi connectivity index (χ3v) is 3.49. The Morgan fingerprint density at radius 3 is 2.75 bits per heavy atom. The van der Waals surface area contributed by atoms with Crippen LogP contribution in [0.25, 0.3) is 0 Å². The molecule has 0 aliphatic carbocycles. The van der Waals surface area contributed by atoms with E-state index in [4.69, 9.17) is 5.84 Å². The maximum absolute atomic E-state index is 9.59. The van der Waals surface area contributed by atoms with Crippen LogP contribution in [0, 0.1) is 0 Å². The Kier molecular flexibility index (Phi) is 4.91. The van der Waals surface area contributed by atoms with Crippen LogP contribution in [0.5, 0.6) is 0 Å². The molecule has 1 atom stereocenters. The Bertz CT molecular complexity index is 440. The highest BCUT2D eigenvalue weighted by Gasteiger charge is 2.24. The molecule has 1 aromatic heterocycles. The number of aromatic nitrogens is 3. The number of hydrogen-bond donors (Lipinski definition) is 3. The highest BCUT2D eigenvalue weighted by atomic mass is 16.3. The summed E-state index contributed by atoms with van der Waals surface area (Å²) in [6.45, 7) is 0.945. The number of nitrogen functional groups attached to an aromatic ring is 1. The molecule has 1 saturated heterocycles. The molecule has 20 heavy (non-hydrogen) atoms. The fraction of sp³-hybridized carbons (Fsp3) is 0.750. The van der Waals surface area contributed by atoms with Gasteiger partial charge in [-0.15, -0.1) is 0 Å². The van der Waals surface area contributed by atoms with Gasteiger partial charge in [-0.25, -0.2) is 5.84 Å². The number of nitrogens with zero attached hydrogens (tertiary/aromatic N) is 5. The molecule has 1 aliphatic heterocycles. The number of nitrogens with one attached hydrogen (secondary N) is 1. The smallest absolute Gasteiger partial charge is 0.243 e. The van der Waals surface area contributed by atoms with E-state index in [0.29, 0.717) is 17.8 Å². The van der Waals surface area contributed by atoms with Crippen molar-refractivity contribution < 1.29 is 5.11 Å². The largest absolute Gasteiger partial charge is 0.394 e. The summed E-state index contributed by atoms with van der Waals surface area (Å²) < 4.78 is 0. The van der Waals surface area contributed by atoms with Crippen molar-refractivity contribution in [2.24, 2.45) is 5.84 Å². The molecule has 0 amide bonds. The van der Waals surface area contributed by atoms with E-state index in [1.807, 2.05) is 14.1 Å². The molecule has 0 saturated carbocycles. The monoisotopic (exact) mass is 281 g/mol. The Morgan fingerprint density at radius 2 is 2.10 bits per heavy atom. The number of nitrogens with two attached hydrogens (primary N) is 1. The molecule has 0 aromatic carbocycles. The Labute approximate surface area is 119 Å². The van der Waals surface area contributed by atoms with E-state index in [9.17, 15) is 5.11 Å². The summed E-state index contributed by atoms with van der Waals surface area (Å²) in [6, 6.07) is 0.0561. The molecule has 1 unspecified atom stereocenters. The van der Waals surface area contributed by atoms with E-state index in [2.05, 4.69) is 25.3 Å². The first-order chi connectivity index (χ1) is 9.65. The first kappa shape index (κ1) is 14.7. The molecule has 2 heterocycles. The van der Waals surface area contributed by atoms with Gasteiger partial charge in [-0.3, -0.25) is 5.43 Å². The van der Waals surface area contributed by atoms with Crippen molar-refractivity contribution in [3.05, 3.63) is 0 Å². The highest BCUT2D eigenvalue weighted by Crippen LogP contribution is 2.23. The van der Waals surface area contributed by atoms with E-state index >= 15 is 0 Å². The fourth-order valence-electron chi connectivity index (χ4n) is 2.38. The van der Waals surface area contributed by atoms with E-state index in [-0.39, 0.29) is 12.6 Å². The summed E-state index contributed by atoms with van der Waals surface area (Å²) in [6.07, 6.45) is 4.31. The molecule has 0 spiro atoms. The van der Waals surface area contributed by atoms with Gasteiger partial charge in [0.25, 0.3) is 0 Å². The summed E-state index contributed by atoms with van der Waals surface area (Å²) in [5.41, 5.74) is 2.47. The molecule has 0 bridgehead atoms. The first-order valence-electron chi connectivity index (χ1n) is 6.93. The molecule has 112 valence electrons. The zero-order valence-electron chi connectivity index (χ0n) is 12.1. The van der Waals surface area contributed by atoms with Crippen molar-refractivity contribution in [1.29, 1.82) is 0 Å². The van der Waals surface area contributed by atoms with E-state index in [1.165, 1.54) is 6.42 Å². The van der Waals surface area contributed by atoms with Gasteiger partial charge in [0, 0.05) is 20.6 Å². The van der Waals surface area contributed by atoms with Crippen LogP contribution >= 0.6 is 0 Å². The second-order valence-electron chi connectivity index (χ2n) is 5.18. The molecule has 8 nitrogen and oxygen atoms in total. The molecule has 4 N–H and O–H groups in total. The minimum atomic E-state index is 0.0561. The van der Waals surface area contributed by atoms with Crippen LogP contribution in [0.2, 0.25) is 0 Å². The zero-order chi connectivity index (χ0) is 14.5. The van der Waals surface area contributed by atoms with Gasteiger partial charge < -0.3 is 14.9 Å². The maximum Gasteiger partial charge on any atom is 0.243 e. The van der Waals surface area contributed by atoms with Crippen LogP contribution in [0.3, 0.4) is 0 Å². The molecule has 1 aromatic rings. The summed E-state index contributed by atoms with van der Waals surface area (Å²) in [4.78, 5) is 16.9.